The molecule has 0 aromatic heterocycles. The zero-order chi connectivity index (χ0) is 14.8. The summed E-state index contributed by atoms with van der Waals surface area (Å²) in [6, 6.07) is -0.550. The maximum absolute atomic E-state index is 12.6. The number of carbonyl (C=O) groups excluding carboxylic acids is 3. The first-order valence-corrected chi connectivity index (χ1v) is 8.53. The van der Waals surface area contributed by atoms with Crippen LogP contribution in [-0.4, -0.2) is 23.5 Å². The summed E-state index contributed by atoms with van der Waals surface area (Å²) >= 11 is 0. The first-order chi connectivity index (χ1) is 10.2. The Hall–Kier alpha value is -1.19. The molecule has 3 atom stereocenters. The Morgan fingerprint density at radius 1 is 0.857 bits per heavy atom. The number of carbonyl (C=O) groups is 3. The zero-order valence-corrected chi connectivity index (χ0v) is 12.6. The number of hydrogen-bond donors (Lipinski definition) is 1. The third-order valence-corrected chi connectivity index (χ3v) is 5.59. The molecule has 0 bridgehead atoms. The van der Waals surface area contributed by atoms with E-state index in [9.17, 15) is 14.4 Å². The van der Waals surface area contributed by atoms with Gasteiger partial charge < -0.3 is 5.32 Å². The molecule has 4 heteroatoms. The Labute approximate surface area is 126 Å². The topological polar surface area (TPSA) is 63.2 Å². The molecule has 1 N–H and O–H groups in total. The molecule has 1 amide bonds. The standard InChI is InChI=1S/C17H25NO3/c19-15-10-14(16(20)13-9-5-4-8-12(13)15)18-17(21)11-6-2-1-3-7-11/h11-14H,1-10H2,(H,18,21). The monoisotopic (exact) mass is 291 g/mol. The Morgan fingerprint density at radius 2 is 1.48 bits per heavy atom. The van der Waals surface area contributed by atoms with Gasteiger partial charge in [0, 0.05) is 24.2 Å². The highest BCUT2D eigenvalue weighted by molar-refractivity contribution is 6.01. The van der Waals surface area contributed by atoms with Gasteiger partial charge in [-0.1, -0.05) is 32.1 Å². The van der Waals surface area contributed by atoms with E-state index in [-0.39, 0.29) is 41.6 Å². The average Bonchev–Trinajstić information content (AvgIpc) is 2.53. The van der Waals surface area contributed by atoms with Gasteiger partial charge in [-0.25, -0.2) is 0 Å². The highest BCUT2D eigenvalue weighted by Crippen LogP contribution is 2.37. The molecule has 4 nitrogen and oxygen atoms in total. The summed E-state index contributed by atoms with van der Waals surface area (Å²) in [6.45, 7) is 0. The molecule has 0 aromatic rings. The summed E-state index contributed by atoms with van der Waals surface area (Å²) in [5.74, 6) is 0.156. The summed E-state index contributed by atoms with van der Waals surface area (Å²) in [5.41, 5.74) is 0. The second-order valence-electron chi connectivity index (χ2n) is 6.97. The molecule has 0 spiro atoms. The van der Waals surface area contributed by atoms with Crippen molar-refractivity contribution in [2.24, 2.45) is 17.8 Å². The van der Waals surface area contributed by atoms with E-state index >= 15 is 0 Å². The van der Waals surface area contributed by atoms with E-state index in [0.717, 1.165) is 51.4 Å². The van der Waals surface area contributed by atoms with Crippen LogP contribution in [0.15, 0.2) is 0 Å². The van der Waals surface area contributed by atoms with Crippen LogP contribution in [0.2, 0.25) is 0 Å². The lowest BCUT2D eigenvalue weighted by atomic mass is 9.68. The second kappa shape index (κ2) is 6.29. The van der Waals surface area contributed by atoms with Crippen molar-refractivity contribution in [1.82, 2.24) is 5.32 Å². The molecule has 3 fully saturated rings. The maximum atomic E-state index is 12.6. The average molecular weight is 291 g/mol. The largest absolute Gasteiger partial charge is 0.346 e. The van der Waals surface area contributed by atoms with Crippen molar-refractivity contribution < 1.29 is 14.4 Å². The Kier molecular flexibility index (Phi) is 4.41. The normalized spacial score (nSPS) is 34.4. The van der Waals surface area contributed by atoms with Crippen LogP contribution in [0.25, 0.3) is 0 Å². The van der Waals surface area contributed by atoms with E-state index in [4.69, 9.17) is 0 Å². The maximum Gasteiger partial charge on any atom is 0.223 e. The molecule has 0 radical (unpaired) electrons. The van der Waals surface area contributed by atoms with Gasteiger partial charge in [0.15, 0.2) is 5.78 Å². The number of fused-ring (bicyclic) bond motifs is 1. The van der Waals surface area contributed by atoms with Gasteiger partial charge in [0.25, 0.3) is 0 Å². The van der Waals surface area contributed by atoms with Crippen LogP contribution in [0, 0.1) is 17.8 Å². The summed E-state index contributed by atoms with van der Waals surface area (Å²) in [7, 11) is 0. The van der Waals surface area contributed by atoms with Gasteiger partial charge in [-0.3, -0.25) is 14.4 Å². The van der Waals surface area contributed by atoms with Gasteiger partial charge in [-0.2, -0.15) is 0 Å². The molecule has 0 heterocycles. The quantitative estimate of drug-likeness (QED) is 0.849. The van der Waals surface area contributed by atoms with Crippen molar-refractivity contribution in [3.05, 3.63) is 0 Å². The highest BCUT2D eigenvalue weighted by atomic mass is 16.2. The van der Waals surface area contributed by atoms with E-state index in [1.807, 2.05) is 0 Å². The van der Waals surface area contributed by atoms with Gasteiger partial charge in [0.1, 0.15) is 5.78 Å². The van der Waals surface area contributed by atoms with Crippen molar-refractivity contribution in [1.29, 1.82) is 0 Å². The highest BCUT2D eigenvalue weighted by Gasteiger charge is 2.44. The summed E-state index contributed by atoms with van der Waals surface area (Å²) in [6.07, 6.45) is 9.24. The van der Waals surface area contributed by atoms with Crippen molar-refractivity contribution in [2.45, 2.75) is 70.3 Å². The van der Waals surface area contributed by atoms with Crippen molar-refractivity contribution in [3.8, 4) is 0 Å². The fourth-order valence-electron chi connectivity index (χ4n) is 4.34. The van der Waals surface area contributed by atoms with E-state index in [1.54, 1.807) is 0 Å². The van der Waals surface area contributed by atoms with Crippen LogP contribution in [0.5, 0.6) is 0 Å². The number of amides is 1. The van der Waals surface area contributed by atoms with E-state index in [2.05, 4.69) is 5.32 Å². The third-order valence-electron chi connectivity index (χ3n) is 5.59. The molecule has 116 valence electrons. The predicted molar refractivity (Wildman–Crippen MR) is 78.6 cm³/mol. The van der Waals surface area contributed by atoms with Crippen LogP contribution in [-0.2, 0) is 14.4 Å². The van der Waals surface area contributed by atoms with Crippen molar-refractivity contribution >= 4 is 17.5 Å². The lowest BCUT2D eigenvalue weighted by Crippen LogP contribution is -2.53. The Bertz CT molecular complexity index is 439. The number of Topliss-reactive ketones (excluding diaryl/α,β-unsaturated/α-hetero) is 2. The minimum Gasteiger partial charge on any atom is -0.346 e. The lowest BCUT2D eigenvalue weighted by Gasteiger charge is -2.37. The van der Waals surface area contributed by atoms with Crippen LogP contribution in [0.4, 0.5) is 0 Å². The number of hydrogen-bond acceptors (Lipinski definition) is 3. The van der Waals surface area contributed by atoms with Crippen LogP contribution in [0.1, 0.15) is 64.2 Å². The van der Waals surface area contributed by atoms with E-state index in [0.29, 0.717) is 0 Å². The SMILES string of the molecule is O=C(NC1CC(=O)C2CCCCC2C1=O)C1CCCCC1. The molecular formula is C17H25NO3. The van der Waals surface area contributed by atoms with Crippen molar-refractivity contribution in [2.75, 3.05) is 0 Å². The van der Waals surface area contributed by atoms with E-state index < -0.39 is 6.04 Å². The molecular weight excluding hydrogens is 266 g/mol. The molecule has 3 rings (SSSR count). The first-order valence-electron chi connectivity index (χ1n) is 8.53. The van der Waals surface area contributed by atoms with Gasteiger partial charge in [0.05, 0.1) is 6.04 Å². The molecule has 3 aliphatic rings. The molecule has 0 saturated heterocycles. The minimum absolute atomic E-state index is 0.00453. The van der Waals surface area contributed by atoms with Crippen LogP contribution in [0.3, 0.4) is 0 Å². The van der Waals surface area contributed by atoms with Gasteiger partial charge in [-0.15, -0.1) is 0 Å². The van der Waals surface area contributed by atoms with Crippen LogP contribution < -0.4 is 5.32 Å². The number of nitrogens with one attached hydrogen (secondary N) is 1. The predicted octanol–water partition coefficient (Wildman–Crippen LogP) is 2.40. The lowest BCUT2D eigenvalue weighted by molar-refractivity contribution is -0.143. The third kappa shape index (κ3) is 3.04. The molecule has 3 aliphatic carbocycles. The molecule has 0 aliphatic heterocycles. The number of rotatable bonds is 2. The van der Waals surface area contributed by atoms with Gasteiger partial charge >= 0.3 is 0 Å². The number of ketones is 2. The first kappa shape index (κ1) is 14.7. The molecule has 3 unspecified atom stereocenters. The summed E-state index contributed by atoms with van der Waals surface area (Å²) < 4.78 is 0. The molecule has 21 heavy (non-hydrogen) atoms. The fraction of sp³-hybridized carbons (Fsp3) is 0.824. The Morgan fingerprint density at radius 3 is 2.19 bits per heavy atom. The second-order valence-corrected chi connectivity index (χ2v) is 6.97. The smallest absolute Gasteiger partial charge is 0.223 e. The summed E-state index contributed by atoms with van der Waals surface area (Å²) in [5, 5.41) is 2.89. The fourth-order valence-corrected chi connectivity index (χ4v) is 4.34. The zero-order valence-electron chi connectivity index (χ0n) is 12.6. The van der Waals surface area contributed by atoms with Gasteiger partial charge in [-0.05, 0) is 25.7 Å². The van der Waals surface area contributed by atoms with Gasteiger partial charge in [0.2, 0.25) is 5.91 Å². The molecule has 0 aromatic carbocycles. The van der Waals surface area contributed by atoms with Crippen molar-refractivity contribution in [3.63, 3.8) is 0 Å². The Balaban J connectivity index is 1.63. The summed E-state index contributed by atoms with van der Waals surface area (Å²) in [4.78, 5) is 37.1. The van der Waals surface area contributed by atoms with E-state index in [1.165, 1.54) is 6.42 Å². The van der Waals surface area contributed by atoms with Crippen LogP contribution >= 0.6 is 0 Å². The minimum atomic E-state index is -0.550. The molecule has 3 saturated carbocycles.